The third-order valence-corrected chi connectivity index (χ3v) is 6.49. The Labute approximate surface area is 150 Å². The van der Waals surface area contributed by atoms with Crippen LogP contribution in [-0.2, 0) is 14.4 Å². The predicted octanol–water partition coefficient (Wildman–Crippen LogP) is 0.680. The lowest BCUT2D eigenvalue weighted by atomic mass is 9.97. The van der Waals surface area contributed by atoms with E-state index in [-0.39, 0.29) is 17.7 Å². The van der Waals surface area contributed by atoms with Crippen LogP contribution in [0.3, 0.4) is 0 Å². The fraction of sp³-hybridized carbons (Fsp3) is 0.385. The monoisotopic (exact) mass is 385 g/mol. The summed E-state index contributed by atoms with van der Waals surface area (Å²) in [5.74, 6) is 0.101. The summed E-state index contributed by atoms with van der Waals surface area (Å²) in [6.07, 6.45) is 3.80. The molecule has 1 fully saturated rings. The maximum absolute atomic E-state index is 12.5. The molecule has 3 N–H and O–H groups in total. The normalized spacial score (nSPS) is 23.2. The van der Waals surface area contributed by atoms with Crippen molar-refractivity contribution in [1.82, 2.24) is 15.2 Å². The number of β-lactam (4-membered cyclic amide) rings is 1. The Kier molecular flexibility index (Phi) is 5.01. The second-order valence-corrected chi connectivity index (χ2v) is 7.98. The van der Waals surface area contributed by atoms with Gasteiger partial charge in [-0.2, -0.15) is 0 Å². The number of amides is 2. The number of hydrogen-bond donors (Lipinski definition) is 2. The summed E-state index contributed by atoms with van der Waals surface area (Å²) in [5.41, 5.74) is 5.92. The number of nitrogen functional groups attached to an aromatic ring is 1. The number of thioether (sulfide) groups is 2. The predicted molar refractivity (Wildman–Crippen MR) is 96.7 cm³/mol. The number of nitrogens with one attached hydrogen (secondary N) is 1. The highest BCUT2D eigenvalue weighted by Gasteiger charge is 2.49. The van der Waals surface area contributed by atoms with Crippen LogP contribution >= 0.6 is 34.9 Å². The average molecular weight is 385 g/mol. The first-order chi connectivity index (χ1) is 11.5. The van der Waals surface area contributed by atoms with E-state index in [2.05, 4.69) is 15.5 Å². The van der Waals surface area contributed by atoms with Crippen LogP contribution in [0.15, 0.2) is 21.0 Å². The molecular weight excluding hydrogens is 370 g/mol. The number of carbonyl (C=O) groups excluding carboxylic acids is 2. The third-order valence-electron chi connectivity index (χ3n) is 3.55. The Morgan fingerprint density at radius 3 is 3.04 bits per heavy atom. The zero-order valence-corrected chi connectivity index (χ0v) is 15.3. The second kappa shape index (κ2) is 7.03. The van der Waals surface area contributed by atoms with Crippen LogP contribution in [0.25, 0.3) is 0 Å². The van der Waals surface area contributed by atoms with E-state index < -0.39 is 11.9 Å². The fourth-order valence-corrected chi connectivity index (χ4v) is 4.71. The van der Waals surface area contributed by atoms with Crippen LogP contribution in [0.2, 0.25) is 0 Å². The SMILES string of the molecule is CON=C(C(=O)NC1C(=O)N2C=C(SC)SCC12)c1csc(N)n1. The molecule has 0 spiro atoms. The van der Waals surface area contributed by atoms with Gasteiger partial charge in [-0.05, 0) is 6.26 Å². The van der Waals surface area contributed by atoms with E-state index >= 15 is 0 Å². The number of anilines is 1. The summed E-state index contributed by atoms with van der Waals surface area (Å²) in [7, 11) is 1.34. The lowest BCUT2D eigenvalue weighted by molar-refractivity contribution is -0.147. The topological polar surface area (TPSA) is 110 Å². The average Bonchev–Trinajstić information content (AvgIpc) is 3.02. The van der Waals surface area contributed by atoms with Gasteiger partial charge in [0.25, 0.3) is 11.8 Å². The van der Waals surface area contributed by atoms with Crippen molar-refractivity contribution in [2.45, 2.75) is 12.1 Å². The number of carbonyl (C=O) groups is 2. The Bertz CT molecular complexity index is 732. The van der Waals surface area contributed by atoms with Crippen molar-refractivity contribution in [2.24, 2.45) is 5.16 Å². The summed E-state index contributed by atoms with van der Waals surface area (Å²) >= 11 is 4.47. The number of nitrogens with zero attached hydrogens (tertiary/aromatic N) is 3. The minimum atomic E-state index is -0.567. The van der Waals surface area contributed by atoms with Crippen molar-refractivity contribution in [1.29, 1.82) is 0 Å². The maximum atomic E-state index is 12.5. The van der Waals surface area contributed by atoms with Crippen molar-refractivity contribution in [3.05, 3.63) is 21.5 Å². The van der Waals surface area contributed by atoms with Gasteiger partial charge in [0, 0.05) is 17.3 Å². The maximum Gasteiger partial charge on any atom is 0.276 e. The molecular formula is C13H15N5O3S3. The molecule has 11 heteroatoms. The summed E-state index contributed by atoms with van der Waals surface area (Å²) in [4.78, 5) is 35.2. The van der Waals surface area contributed by atoms with E-state index in [1.807, 2.05) is 12.5 Å². The first-order valence-corrected chi connectivity index (χ1v) is 9.98. The minimum absolute atomic E-state index is 0.000470. The van der Waals surface area contributed by atoms with Crippen molar-refractivity contribution in [3.8, 4) is 0 Å². The van der Waals surface area contributed by atoms with E-state index in [0.29, 0.717) is 10.8 Å². The molecule has 3 rings (SSSR count). The number of nitrogens with two attached hydrogens (primary N) is 1. The highest BCUT2D eigenvalue weighted by Crippen LogP contribution is 2.38. The standard InChI is InChI=1S/C13H15N5O3S3/c1-21-17-9(6-4-24-13(14)15-6)11(19)16-10-7-5-23-8(22-2)3-18(7)12(10)20/h3-4,7,10H,5H2,1-2H3,(H2,14,15)(H,16,19). The Morgan fingerprint density at radius 2 is 2.42 bits per heavy atom. The number of aromatic nitrogens is 1. The summed E-state index contributed by atoms with van der Waals surface area (Å²) in [5, 5.41) is 8.39. The number of rotatable bonds is 5. The van der Waals surface area contributed by atoms with E-state index in [1.54, 1.807) is 33.8 Å². The molecule has 1 aromatic rings. The van der Waals surface area contributed by atoms with Crippen LogP contribution in [-0.4, -0.2) is 58.6 Å². The largest absolute Gasteiger partial charge is 0.398 e. The molecule has 0 aliphatic carbocycles. The van der Waals surface area contributed by atoms with Crippen LogP contribution in [0.1, 0.15) is 5.69 Å². The smallest absolute Gasteiger partial charge is 0.276 e. The zero-order valence-electron chi connectivity index (χ0n) is 12.9. The van der Waals surface area contributed by atoms with Crippen molar-refractivity contribution < 1.29 is 14.4 Å². The molecule has 1 saturated heterocycles. The number of oxime groups is 1. The van der Waals surface area contributed by atoms with Gasteiger partial charge >= 0.3 is 0 Å². The van der Waals surface area contributed by atoms with Crippen LogP contribution in [0.5, 0.6) is 0 Å². The Morgan fingerprint density at radius 1 is 1.62 bits per heavy atom. The summed E-state index contributed by atoms with van der Waals surface area (Å²) < 4.78 is 1.09. The van der Waals surface area contributed by atoms with E-state index in [9.17, 15) is 9.59 Å². The van der Waals surface area contributed by atoms with Gasteiger partial charge in [-0.1, -0.05) is 5.16 Å². The first-order valence-electron chi connectivity index (χ1n) is 6.89. The molecule has 8 nitrogen and oxygen atoms in total. The number of thiazole rings is 1. The molecule has 2 aliphatic heterocycles. The van der Waals surface area contributed by atoms with E-state index in [1.165, 1.54) is 18.4 Å². The zero-order chi connectivity index (χ0) is 17.3. The summed E-state index contributed by atoms with van der Waals surface area (Å²) in [6.45, 7) is 0. The molecule has 2 aliphatic rings. The van der Waals surface area contributed by atoms with Crippen molar-refractivity contribution >= 4 is 57.5 Å². The quantitative estimate of drug-likeness (QED) is 0.436. The number of fused-ring (bicyclic) bond motifs is 1. The van der Waals surface area contributed by atoms with Gasteiger partial charge in [0.1, 0.15) is 18.8 Å². The summed E-state index contributed by atoms with van der Waals surface area (Å²) in [6, 6.07) is -0.616. The molecule has 128 valence electrons. The third kappa shape index (κ3) is 3.10. The Balaban J connectivity index is 1.72. The Hall–Kier alpha value is -1.72. The molecule has 1 aromatic heterocycles. The van der Waals surface area contributed by atoms with Crippen LogP contribution in [0, 0.1) is 0 Å². The molecule has 3 heterocycles. The fourth-order valence-electron chi connectivity index (χ4n) is 2.39. The molecule has 2 atom stereocenters. The highest BCUT2D eigenvalue weighted by molar-refractivity contribution is 8.22. The van der Waals surface area contributed by atoms with E-state index in [0.717, 1.165) is 9.99 Å². The van der Waals surface area contributed by atoms with Crippen molar-refractivity contribution in [2.75, 3.05) is 24.9 Å². The molecule has 0 radical (unpaired) electrons. The molecule has 0 bridgehead atoms. The van der Waals surface area contributed by atoms with Gasteiger partial charge in [0.05, 0.1) is 10.3 Å². The molecule has 0 saturated carbocycles. The van der Waals surface area contributed by atoms with Gasteiger partial charge in [-0.25, -0.2) is 4.98 Å². The molecule has 0 aromatic carbocycles. The lowest BCUT2D eigenvalue weighted by Gasteiger charge is -2.47. The molecule has 24 heavy (non-hydrogen) atoms. The van der Waals surface area contributed by atoms with Crippen LogP contribution in [0.4, 0.5) is 5.13 Å². The first kappa shape index (κ1) is 17.1. The second-order valence-electron chi connectivity index (χ2n) is 4.92. The molecule has 2 amide bonds. The van der Waals surface area contributed by atoms with Gasteiger partial charge < -0.3 is 20.8 Å². The highest BCUT2D eigenvalue weighted by atomic mass is 32.2. The molecule has 2 unspecified atom stereocenters. The van der Waals surface area contributed by atoms with Crippen LogP contribution < -0.4 is 11.1 Å². The lowest BCUT2D eigenvalue weighted by Crippen LogP contribution is -2.71. The van der Waals surface area contributed by atoms with Gasteiger partial charge in [-0.3, -0.25) is 9.59 Å². The minimum Gasteiger partial charge on any atom is -0.398 e. The van der Waals surface area contributed by atoms with Crippen molar-refractivity contribution in [3.63, 3.8) is 0 Å². The van der Waals surface area contributed by atoms with Gasteiger partial charge in [0.15, 0.2) is 10.8 Å². The van der Waals surface area contributed by atoms with Gasteiger partial charge in [0.2, 0.25) is 0 Å². The van der Waals surface area contributed by atoms with E-state index in [4.69, 9.17) is 10.6 Å². The van der Waals surface area contributed by atoms with Gasteiger partial charge in [-0.15, -0.1) is 34.9 Å². The number of hydrogen-bond acceptors (Lipinski definition) is 9.